The summed E-state index contributed by atoms with van der Waals surface area (Å²) in [6.07, 6.45) is 4.32. The fourth-order valence-corrected chi connectivity index (χ4v) is 5.27. The molecule has 29 heavy (non-hydrogen) atoms. The molecule has 1 aliphatic rings. The maximum atomic E-state index is 13.5. The van der Waals surface area contributed by atoms with Crippen LogP contribution in [0.25, 0.3) is 0 Å². The van der Waals surface area contributed by atoms with Gasteiger partial charge < -0.3 is 4.57 Å². The quantitative estimate of drug-likeness (QED) is 0.644. The molecule has 1 atom stereocenters. The number of aryl methyl sites for hydroxylation is 2. The molecule has 1 aromatic carbocycles. The molecule has 0 N–H and O–H groups in total. The van der Waals surface area contributed by atoms with E-state index in [0.29, 0.717) is 25.9 Å². The van der Waals surface area contributed by atoms with E-state index in [9.17, 15) is 12.8 Å². The Kier molecular flexibility index (Phi) is 5.23. The predicted octanol–water partition coefficient (Wildman–Crippen LogP) is 3.03. The number of benzene rings is 1. The topological polar surface area (TPSA) is 68.1 Å². The van der Waals surface area contributed by atoms with E-state index >= 15 is 0 Å². The number of hydrogen-bond donors (Lipinski definition) is 0. The molecule has 2 aromatic heterocycles. The smallest absolute Gasteiger partial charge is 0.262 e. The van der Waals surface area contributed by atoms with Crippen LogP contribution in [0.1, 0.15) is 34.9 Å². The van der Waals surface area contributed by atoms with Crippen molar-refractivity contribution in [3.8, 4) is 0 Å². The molecule has 0 amide bonds. The van der Waals surface area contributed by atoms with Gasteiger partial charge in [0.25, 0.3) is 10.0 Å². The third-order valence-electron chi connectivity index (χ3n) is 5.18. The number of rotatable bonds is 5. The van der Waals surface area contributed by atoms with Crippen molar-refractivity contribution in [2.75, 3.05) is 13.1 Å². The molecule has 4 rings (SSSR count). The Labute approximate surface area is 170 Å². The van der Waals surface area contributed by atoms with Crippen LogP contribution in [0, 0.1) is 12.7 Å². The minimum atomic E-state index is -3.60. The second-order valence-electron chi connectivity index (χ2n) is 7.57. The lowest BCUT2D eigenvalue weighted by Gasteiger charge is -2.16. The van der Waals surface area contributed by atoms with Gasteiger partial charge in [-0.25, -0.2) is 17.8 Å². The number of hydrogen-bond acceptors (Lipinski definition) is 4. The Bertz CT molecular complexity index is 1140. The highest BCUT2D eigenvalue weighted by atomic mass is 32.2. The Morgan fingerprint density at radius 1 is 1.21 bits per heavy atom. The summed E-state index contributed by atoms with van der Waals surface area (Å²) in [6, 6.07) is 10.6. The van der Waals surface area contributed by atoms with Gasteiger partial charge in [0.1, 0.15) is 5.82 Å². The second-order valence-corrected chi connectivity index (χ2v) is 9.46. The number of pyridine rings is 1. The predicted molar refractivity (Wildman–Crippen MR) is 108 cm³/mol. The van der Waals surface area contributed by atoms with Gasteiger partial charge >= 0.3 is 0 Å². The number of nitrogens with zero attached hydrogens (tertiary/aromatic N) is 4. The van der Waals surface area contributed by atoms with E-state index in [1.54, 1.807) is 17.7 Å². The van der Waals surface area contributed by atoms with E-state index in [0.717, 1.165) is 22.5 Å². The summed E-state index contributed by atoms with van der Waals surface area (Å²) in [7, 11) is -1.85. The van der Waals surface area contributed by atoms with Crippen molar-refractivity contribution in [2.45, 2.75) is 30.7 Å². The highest BCUT2D eigenvalue weighted by Crippen LogP contribution is 2.30. The van der Waals surface area contributed by atoms with Crippen LogP contribution in [0.2, 0.25) is 0 Å². The lowest BCUT2D eigenvalue weighted by molar-refractivity contribution is 0.469. The van der Waals surface area contributed by atoms with Gasteiger partial charge in [0, 0.05) is 43.6 Å². The summed E-state index contributed by atoms with van der Waals surface area (Å²) in [4.78, 5) is 8.65. The molecule has 0 bridgehead atoms. The normalized spacial score (nSPS) is 17.7. The van der Waals surface area contributed by atoms with E-state index in [1.807, 2.05) is 25.1 Å². The van der Waals surface area contributed by atoms with E-state index in [-0.39, 0.29) is 16.8 Å². The van der Waals surface area contributed by atoms with Gasteiger partial charge in [0.2, 0.25) is 0 Å². The average molecular weight is 415 g/mol. The molecule has 1 saturated heterocycles. The fourth-order valence-electron chi connectivity index (χ4n) is 3.80. The number of imidazole rings is 1. The summed E-state index contributed by atoms with van der Waals surface area (Å²) in [5, 5.41) is 0.0737. The molecular weight excluding hydrogens is 391 g/mol. The first-order valence-corrected chi connectivity index (χ1v) is 11.0. The third-order valence-corrected chi connectivity index (χ3v) is 6.94. The van der Waals surface area contributed by atoms with Crippen molar-refractivity contribution in [2.24, 2.45) is 7.05 Å². The van der Waals surface area contributed by atoms with Crippen LogP contribution in [0.3, 0.4) is 0 Å². The van der Waals surface area contributed by atoms with Crippen molar-refractivity contribution in [3.63, 3.8) is 0 Å². The van der Waals surface area contributed by atoms with Crippen LogP contribution in [-0.4, -0.2) is 40.3 Å². The Balaban J connectivity index is 1.54. The van der Waals surface area contributed by atoms with E-state index in [4.69, 9.17) is 0 Å². The zero-order valence-electron chi connectivity index (χ0n) is 16.4. The average Bonchev–Trinajstić information content (AvgIpc) is 3.31. The maximum Gasteiger partial charge on any atom is 0.262 e. The largest absolute Gasteiger partial charge is 0.339 e. The summed E-state index contributed by atoms with van der Waals surface area (Å²) in [5.41, 5.74) is 3.70. The van der Waals surface area contributed by atoms with Crippen LogP contribution in [0.15, 0.2) is 53.9 Å². The van der Waals surface area contributed by atoms with Crippen LogP contribution in [-0.2, 0) is 23.5 Å². The van der Waals surface area contributed by atoms with Gasteiger partial charge in [-0.2, -0.15) is 4.31 Å². The number of aromatic nitrogens is 3. The summed E-state index contributed by atoms with van der Waals surface area (Å²) >= 11 is 0. The monoisotopic (exact) mass is 414 g/mol. The van der Waals surface area contributed by atoms with Gasteiger partial charge in [-0.05, 0) is 55.2 Å². The maximum absolute atomic E-state index is 13.5. The minimum absolute atomic E-state index is 0.0275. The molecule has 3 heterocycles. The lowest BCUT2D eigenvalue weighted by Crippen LogP contribution is -2.29. The van der Waals surface area contributed by atoms with Crippen LogP contribution in [0.5, 0.6) is 0 Å². The summed E-state index contributed by atoms with van der Waals surface area (Å²) in [6.45, 7) is 2.75. The zero-order valence-corrected chi connectivity index (χ0v) is 17.2. The molecule has 6 nitrogen and oxygen atoms in total. The van der Waals surface area contributed by atoms with Gasteiger partial charge in [-0.3, -0.25) is 4.98 Å². The SMILES string of the molecule is Cc1cc(Cc2cccc(F)c2)cc(C2CCN(S(=O)(=O)c3cn(C)cn3)C2)n1. The summed E-state index contributed by atoms with van der Waals surface area (Å²) in [5.74, 6) is -0.223. The zero-order chi connectivity index (χ0) is 20.6. The van der Waals surface area contributed by atoms with Crippen LogP contribution < -0.4 is 0 Å². The van der Waals surface area contributed by atoms with Gasteiger partial charge in [-0.1, -0.05) is 12.1 Å². The van der Waals surface area contributed by atoms with E-state index in [1.165, 1.54) is 29.0 Å². The Hall–Kier alpha value is -2.58. The van der Waals surface area contributed by atoms with Crippen molar-refractivity contribution in [3.05, 3.63) is 77.3 Å². The second kappa shape index (κ2) is 7.68. The highest BCUT2D eigenvalue weighted by Gasteiger charge is 2.35. The first-order chi connectivity index (χ1) is 13.8. The third kappa shape index (κ3) is 4.23. The summed E-state index contributed by atoms with van der Waals surface area (Å²) < 4.78 is 42.2. The molecule has 3 aromatic rings. The van der Waals surface area contributed by atoms with E-state index in [2.05, 4.69) is 9.97 Å². The van der Waals surface area contributed by atoms with Gasteiger partial charge in [-0.15, -0.1) is 0 Å². The number of sulfonamides is 1. The molecule has 0 radical (unpaired) electrons. The van der Waals surface area contributed by atoms with Crippen molar-refractivity contribution in [1.29, 1.82) is 0 Å². The Morgan fingerprint density at radius 3 is 2.76 bits per heavy atom. The molecule has 1 fully saturated rings. The van der Waals surface area contributed by atoms with E-state index < -0.39 is 10.0 Å². The minimum Gasteiger partial charge on any atom is -0.339 e. The first kappa shape index (κ1) is 19.7. The van der Waals surface area contributed by atoms with Crippen molar-refractivity contribution >= 4 is 10.0 Å². The highest BCUT2D eigenvalue weighted by molar-refractivity contribution is 7.89. The molecule has 0 aliphatic carbocycles. The molecule has 152 valence electrons. The Morgan fingerprint density at radius 2 is 2.03 bits per heavy atom. The molecular formula is C21H23FN4O2S. The van der Waals surface area contributed by atoms with Crippen LogP contribution in [0.4, 0.5) is 4.39 Å². The van der Waals surface area contributed by atoms with Crippen LogP contribution >= 0.6 is 0 Å². The number of halogens is 1. The molecule has 0 saturated carbocycles. The fraction of sp³-hybridized carbons (Fsp3) is 0.333. The lowest BCUT2D eigenvalue weighted by atomic mass is 9.98. The molecule has 1 unspecified atom stereocenters. The van der Waals surface area contributed by atoms with Gasteiger partial charge in [0.05, 0.1) is 6.33 Å². The molecule has 1 aliphatic heterocycles. The van der Waals surface area contributed by atoms with Gasteiger partial charge in [0.15, 0.2) is 5.03 Å². The first-order valence-electron chi connectivity index (χ1n) is 9.51. The van der Waals surface area contributed by atoms with Crippen molar-refractivity contribution in [1.82, 2.24) is 18.8 Å². The molecule has 0 spiro atoms. The standard InChI is InChI=1S/C21H23FN4O2S/c1-15-8-17(9-16-4-3-5-19(22)10-16)11-20(24-15)18-6-7-26(12-18)29(27,28)21-13-25(2)14-23-21/h3-5,8,10-11,13-14,18H,6-7,9,12H2,1-2H3. The molecule has 8 heteroatoms. The van der Waals surface area contributed by atoms with Crippen molar-refractivity contribution < 1.29 is 12.8 Å².